The molecule has 0 aliphatic rings. The van der Waals surface area contributed by atoms with Crippen LogP contribution < -0.4 is 10.5 Å². The smallest absolute Gasteiger partial charge is 0.130 e. The van der Waals surface area contributed by atoms with Crippen molar-refractivity contribution in [2.24, 2.45) is 5.73 Å². The lowest BCUT2D eigenvalue weighted by atomic mass is 10.0. The first-order valence-electron chi connectivity index (χ1n) is 4.92. The Balaban J connectivity index is 2.93. The van der Waals surface area contributed by atoms with Crippen LogP contribution in [0.1, 0.15) is 11.1 Å². The molecule has 0 atom stereocenters. The summed E-state index contributed by atoms with van der Waals surface area (Å²) in [6, 6.07) is 5.55. The summed E-state index contributed by atoms with van der Waals surface area (Å²) in [6.07, 6.45) is 1.74. The van der Waals surface area contributed by atoms with Gasteiger partial charge in [0.15, 0.2) is 0 Å². The molecule has 3 N–H and O–H groups in total. The highest BCUT2D eigenvalue weighted by molar-refractivity contribution is 6.10. The van der Waals surface area contributed by atoms with Crippen molar-refractivity contribution in [3.8, 4) is 5.75 Å². The summed E-state index contributed by atoms with van der Waals surface area (Å²) in [7, 11) is 1.57. The lowest BCUT2D eigenvalue weighted by molar-refractivity contribution is 0.414. The van der Waals surface area contributed by atoms with Crippen LogP contribution in [0.4, 0.5) is 0 Å². The van der Waals surface area contributed by atoms with Gasteiger partial charge in [0.1, 0.15) is 11.6 Å². The van der Waals surface area contributed by atoms with E-state index in [0.29, 0.717) is 11.3 Å². The number of aromatic nitrogens is 1. The van der Waals surface area contributed by atoms with E-state index in [1.54, 1.807) is 19.4 Å². The van der Waals surface area contributed by atoms with Gasteiger partial charge in [-0.2, -0.15) is 0 Å². The summed E-state index contributed by atoms with van der Waals surface area (Å²) in [5.74, 6) is 0.606. The number of hydrogen-bond donors (Lipinski definition) is 2. The summed E-state index contributed by atoms with van der Waals surface area (Å²) in [6.45, 7) is 1.97. The standard InChI is InChI=1S/C12H13N3O/c1-7-5-6-15-8-3-4-9(16-2)11(10(7)8)12(13)14/h3-6H,1-2H3,(H3,13,14). The van der Waals surface area contributed by atoms with Crippen molar-refractivity contribution in [1.29, 1.82) is 5.41 Å². The van der Waals surface area contributed by atoms with Crippen molar-refractivity contribution in [3.05, 3.63) is 35.5 Å². The molecule has 16 heavy (non-hydrogen) atoms. The summed E-state index contributed by atoms with van der Waals surface area (Å²) >= 11 is 0. The van der Waals surface area contributed by atoms with E-state index in [2.05, 4.69) is 4.98 Å². The second-order valence-corrected chi connectivity index (χ2v) is 3.58. The van der Waals surface area contributed by atoms with Gasteiger partial charge in [-0.15, -0.1) is 0 Å². The van der Waals surface area contributed by atoms with Gasteiger partial charge in [0.25, 0.3) is 0 Å². The van der Waals surface area contributed by atoms with E-state index in [9.17, 15) is 0 Å². The van der Waals surface area contributed by atoms with Crippen molar-refractivity contribution in [1.82, 2.24) is 4.98 Å². The minimum Gasteiger partial charge on any atom is -0.496 e. The van der Waals surface area contributed by atoms with E-state index in [0.717, 1.165) is 16.5 Å². The van der Waals surface area contributed by atoms with Gasteiger partial charge in [-0.05, 0) is 30.7 Å². The van der Waals surface area contributed by atoms with Crippen LogP contribution in [-0.2, 0) is 0 Å². The maximum atomic E-state index is 7.63. The zero-order chi connectivity index (χ0) is 11.7. The number of fused-ring (bicyclic) bond motifs is 1. The van der Waals surface area contributed by atoms with Crippen LogP contribution >= 0.6 is 0 Å². The van der Waals surface area contributed by atoms with Gasteiger partial charge in [-0.1, -0.05) is 0 Å². The first kappa shape index (κ1) is 10.4. The average molecular weight is 215 g/mol. The molecule has 1 aromatic heterocycles. The zero-order valence-corrected chi connectivity index (χ0v) is 9.24. The number of amidine groups is 1. The van der Waals surface area contributed by atoms with Gasteiger partial charge < -0.3 is 10.5 Å². The van der Waals surface area contributed by atoms with Crippen LogP contribution in [-0.4, -0.2) is 17.9 Å². The Kier molecular flexibility index (Phi) is 2.48. The maximum Gasteiger partial charge on any atom is 0.130 e. The van der Waals surface area contributed by atoms with Crippen molar-refractivity contribution in [2.75, 3.05) is 7.11 Å². The van der Waals surface area contributed by atoms with Gasteiger partial charge >= 0.3 is 0 Å². The fourth-order valence-corrected chi connectivity index (χ4v) is 1.83. The number of nitrogens with two attached hydrogens (primary N) is 1. The molecule has 0 aliphatic heterocycles. The topological polar surface area (TPSA) is 72.0 Å². The number of nitrogen functional groups attached to an aromatic ring is 1. The second kappa shape index (κ2) is 3.81. The number of aryl methyl sites for hydroxylation is 1. The van der Waals surface area contributed by atoms with Crippen LogP contribution in [0.2, 0.25) is 0 Å². The van der Waals surface area contributed by atoms with Crippen LogP contribution in [0.3, 0.4) is 0 Å². The quantitative estimate of drug-likeness (QED) is 0.593. The predicted molar refractivity (Wildman–Crippen MR) is 64.0 cm³/mol. The molecule has 2 aromatic rings. The third-order valence-electron chi connectivity index (χ3n) is 2.57. The lowest BCUT2D eigenvalue weighted by Gasteiger charge is -2.11. The Hall–Kier alpha value is -2.10. The molecule has 0 fully saturated rings. The Bertz CT molecular complexity index is 563. The highest BCUT2D eigenvalue weighted by Gasteiger charge is 2.13. The monoisotopic (exact) mass is 215 g/mol. The second-order valence-electron chi connectivity index (χ2n) is 3.58. The summed E-state index contributed by atoms with van der Waals surface area (Å²) in [5.41, 5.74) is 8.08. The third-order valence-corrected chi connectivity index (χ3v) is 2.57. The van der Waals surface area contributed by atoms with E-state index in [-0.39, 0.29) is 5.84 Å². The zero-order valence-electron chi connectivity index (χ0n) is 9.24. The number of benzene rings is 1. The van der Waals surface area contributed by atoms with Gasteiger partial charge in [-0.25, -0.2) is 0 Å². The Labute approximate surface area is 93.6 Å². The Morgan fingerprint density at radius 2 is 2.12 bits per heavy atom. The van der Waals surface area contributed by atoms with E-state index >= 15 is 0 Å². The Morgan fingerprint density at radius 1 is 1.38 bits per heavy atom. The third kappa shape index (κ3) is 1.48. The number of ether oxygens (including phenoxy) is 1. The van der Waals surface area contributed by atoms with Crippen molar-refractivity contribution in [2.45, 2.75) is 6.92 Å². The molecule has 0 saturated carbocycles. The molecule has 0 bridgehead atoms. The van der Waals surface area contributed by atoms with Gasteiger partial charge in [0.05, 0.1) is 18.2 Å². The summed E-state index contributed by atoms with van der Waals surface area (Å²) in [4.78, 5) is 4.25. The average Bonchev–Trinajstić information content (AvgIpc) is 2.27. The highest BCUT2D eigenvalue weighted by Crippen LogP contribution is 2.28. The predicted octanol–water partition coefficient (Wildman–Crippen LogP) is 1.84. The van der Waals surface area contributed by atoms with Crippen molar-refractivity contribution in [3.63, 3.8) is 0 Å². The molecule has 4 nitrogen and oxygen atoms in total. The highest BCUT2D eigenvalue weighted by atomic mass is 16.5. The van der Waals surface area contributed by atoms with Gasteiger partial charge in [-0.3, -0.25) is 10.4 Å². The molecule has 0 radical (unpaired) electrons. The number of pyridine rings is 1. The molecule has 0 amide bonds. The van der Waals surface area contributed by atoms with Crippen molar-refractivity contribution >= 4 is 16.7 Å². The Morgan fingerprint density at radius 3 is 2.75 bits per heavy atom. The molecular formula is C12H13N3O. The molecule has 1 heterocycles. The van der Waals surface area contributed by atoms with E-state index in [4.69, 9.17) is 15.9 Å². The molecule has 0 spiro atoms. The fourth-order valence-electron chi connectivity index (χ4n) is 1.83. The van der Waals surface area contributed by atoms with Crippen LogP contribution in [0.25, 0.3) is 10.9 Å². The summed E-state index contributed by atoms with van der Waals surface area (Å²) in [5, 5.41) is 8.51. The van der Waals surface area contributed by atoms with Crippen LogP contribution in [0.15, 0.2) is 24.4 Å². The van der Waals surface area contributed by atoms with Gasteiger partial charge in [0.2, 0.25) is 0 Å². The van der Waals surface area contributed by atoms with Gasteiger partial charge in [0, 0.05) is 11.6 Å². The summed E-state index contributed by atoms with van der Waals surface area (Å²) < 4.78 is 5.22. The van der Waals surface area contributed by atoms with Crippen LogP contribution in [0, 0.1) is 12.3 Å². The lowest BCUT2D eigenvalue weighted by Crippen LogP contribution is -2.13. The number of rotatable bonds is 2. The number of hydrogen-bond acceptors (Lipinski definition) is 3. The fraction of sp³-hybridized carbons (Fsp3) is 0.167. The largest absolute Gasteiger partial charge is 0.496 e. The molecule has 2 rings (SSSR count). The molecule has 0 unspecified atom stereocenters. The minimum atomic E-state index is -0.00134. The number of nitrogens with zero attached hydrogens (tertiary/aromatic N) is 1. The van der Waals surface area contributed by atoms with Crippen molar-refractivity contribution < 1.29 is 4.74 Å². The van der Waals surface area contributed by atoms with E-state index in [1.165, 1.54) is 0 Å². The van der Waals surface area contributed by atoms with E-state index in [1.807, 2.05) is 19.1 Å². The minimum absolute atomic E-state index is 0.00134. The maximum absolute atomic E-state index is 7.63. The molecular weight excluding hydrogens is 202 g/mol. The first-order chi connectivity index (χ1) is 7.65. The number of methoxy groups -OCH3 is 1. The molecule has 1 aromatic carbocycles. The van der Waals surface area contributed by atoms with E-state index < -0.39 is 0 Å². The SMILES string of the molecule is COc1ccc2nccc(C)c2c1C(=N)N. The molecule has 4 heteroatoms. The van der Waals surface area contributed by atoms with Crippen LogP contribution in [0.5, 0.6) is 5.75 Å². The molecule has 0 saturated heterocycles. The molecule has 82 valence electrons. The molecule has 0 aliphatic carbocycles. The number of nitrogens with one attached hydrogen (secondary N) is 1. The normalized spacial score (nSPS) is 10.4. The first-order valence-corrected chi connectivity index (χ1v) is 4.92.